The Kier molecular flexibility index (Phi) is 4.87. The standard InChI is InChI=1S/C24H38O3/c1-5-6-14(2)16-7-8-17-15-11-20(25)19-12-21(26)22(27)13-24(19,4)18(15)9-10-23(16,17)3/h5-6,14-19,21-22,26-27H,7-13H2,1-4H3/b6-5+/t14-,15?,16-,17?,18?,19-,21+,22-,23-,24-/m1/s1. The van der Waals surface area contributed by atoms with Crippen molar-refractivity contribution in [2.75, 3.05) is 0 Å². The topological polar surface area (TPSA) is 57.5 Å². The normalized spacial score (nSPS) is 53.7. The van der Waals surface area contributed by atoms with Gasteiger partial charge in [-0.2, -0.15) is 0 Å². The van der Waals surface area contributed by atoms with Crippen LogP contribution < -0.4 is 0 Å². The summed E-state index contributed by atoms with van der Waals surface area (Å²) in [5, 5.41) is 20.6. The monoisotopic (exact) mass is 374 g/mol. The zero-order valence-corrected chi connectivity index (χ0v) is 17.5. The number of rotatable bonds is 2. The van der Waals surface area contributed by atoms with Gasteiger partial charge in [0.1, 0.15) is 5.78 Å². The van der Waals surface area contributed by atoms with Crippen molar-refractivity contribution in [1.82, 2.24) is 0 Å². The molecule has 4 aliphatic carbocycles. The highest BCUT2D eigenvalue weighted by molar-refractivity contribution is 5.83. The summed E-state index contributed by atoms with van der Waals surface area (Å²) >= 11 is 0. The van der Waals surface area contributed by atoms with Crippen LogP contribution >= 0.6 is 0 Å². The summed E-state index contributed by atoms with van der Waals surface area (Å²) in [6, 6.07) is 0. The van der Waals surface area contributed by atoms with Crippen molar-refractivity contribution in [3.8, 4) is 0 Å². The van der Waals surface area contributed by atoms with Crippen molar-refractivity contribution < 1.29 is 15.0 Å². The Labute approximate surface area is 164 Å². The van der Waals surface area contributed by atoms with Gasteiger partial charge in [0.2, 0.25) is 0 Å². The van der Waals surface area contributed by atoms with Gasteiger partial charge in [-0.1, -0.05) is 32.9 Å². The van der Waals surface area contributed by atoms with Crippen LogP contribution in [-0.4, -0.2) is 28.2 Å². The van der Waals surface area contributed by atoms with E-state index in [2.05, 4.69) is 39.8 Å². The van der Waals surface area contributed by atoms with Gasteiger partial charge in [0.15, 0.2) is 0 Å². The molecule has 152 valence electrons. The van der Waals surface area contributed by atoms with Crippen LogP contribution in [0.25, 0.3) is 0 Å². The number of carbonyl (C=O) groups is 1. The highest BCUT2D eigenvalue weighted by Gasteiger charge is 2.63. The maximum absolute atomic E-state index is 13.1. The first-order chi connectivity index (χ1) is 12.7. The molecule has 4 fully saturated rings. The van der Waals surface area contributed by atoms with Crippen LogP contribution in [0.5, 0.6) is 0 Å². The largest absolute Gasteiger partial charge is 0.390 e. The number of allylic oxidation sites excluding steroid dienone is 2. The zero-order valence-electron chi connectivity index (χ0n) is 17.5. The molecular formula is C24H38O3. The maximum atomic E-state index is 13.1. The first kappa shape index (κ1) is 19.6. The summed E-state index contributed by atoms with van der Waals surface area (Å²) in [4.78, 5) is 13.1. The van der Waals surface area contributed by atoms with Crippen molar-refractivity contribution in [1.29, 1.82) is 0 Å². The molecule has 10 atom stereocenters. The van der Waals surface area contributed by atoms with Gasteiger partial charge in [0.05, 0.1) is 12.2 Å². The van der Waals surface area contributed by atoms with Crippen molar-refractivity contribution >= 4 is 5.78 Å². The van der Waals surface area contributed by atoms with Gasteiger partial charge < -0.3 is 10.2 Å². The molecule has 0 heterocycles. The van der Waals surface area contributed by atoms with E-state index in [1.54, 1.807) is 0 Å². The lowest BCUT2D eigenvalue weighted by Gasteiger charge is -2.60. The smallest absolute Gasteiger partial charge is 0.136 e. The van der Waals surface area contributed by atoms with Crippen LogP contribution in [0.3, 0.4) is 0 Å². The van der Waals surface area contributed by atoms with Crippen molar-refractivity contribution in [3.05, 3.63) is 12.2 Å². The second kappa shape index (κ2) is 6.69. The third-order valence-corrected chi connectivity index (χ3v) is 9.68. The van der Waals surface area contributed by atoms with E-state index < -0.39 is 12.2 Å². The molecule has 0 spiro atoms. The van der Waals surface area contributed by atoms with Crippen LogP contribution in [0.4, 0.5) is 0 Å². The van der Waals surface area contributed by atoms with E-state index in [1.807, 2.05) is 0 Å². The summed E-state index contributed by atoms with van der Waals surface area (Å²) < 4.78 is 0. The number of aliphatic hydroxyl groups excluding tert-OH is 2. The van der Waals surface area contributed by atoms with Crippen LogP contribution in [0, 0.1) is 46.3 Å². The van der Waals surface area contributed by atoms with Crippen molar-refractivity contribution in [2.45, 2.75) is 84.8 Å². The molecule has 4 aliphatic rings. The summed E-state index contributed by atoms with van der Waals surface area (Å²) in [7, 11) is 0. The van der Waals surface area contributed by atoms with E-state index in [-0.39, 0.29) is 11.3 Å². The van der Waals surface area contributed by atoms with Gasteiger partial charge in [0.25, 0.3) is 0 Å². The molecule has 0 aromatic rings. The molecule has 2 N–H and O–H groups in total. The minimum Gasteiger partial charge on any atom is -0.390 e. The minimum atomic E-state index is -0.727. The second-order valence-electron chi connectivity index (χ2n) is 10.8. The second-order valence-corrected chi connectivity index (χ2v) is 10.8. The first-order valence-electron chi connectivity index (χ1n) is 11.2. The predicted molar refractivity (Wildman–Crippen MR) is 107 cm³/mol. The lowest BCUT2D eigenvalue weighted by atomic mass is 9.44. The van der Waals surface area contributed by atoms with E-state index in [0.717, 1.165) is 5.92 Å². The summed E-state index contributed by atoms with van der Waals surface area (Å²) in [5.74, 6) is 3.27. The Bertz CT molecular complexity index is 627. The molecule has 3 nitrogen and oxygen atoms in total. The van der Waals surface area contributed by atoms with Crippen LogP contribution in [0.1, 0.15) is 72.6 Å². The maximum Gasteiger partial charge on any atom is 0.136 e. The average Bonchev–Trinajstić information content (AvgIpc) is 2.95. The zero-order chi connectivity index (χ0) is 19.6. The van der Waals surface area contributed by atoms with Crippen LogP contribution in [0.2, 0.25) is 0 Å². The lowest BCUT2D eigenvalue weighted by molar-refractivity contribution is -0.173. The van der Waals surface area contributed by atoms with Gasteiger partial charge in [-0.3, -0.25) is 4.79 Å². The van der Waals surface area contributed by atoms with Crippen LogP contribution in [0.15, 0.2) is 12.2 Å². The Morgan fingerprint density at radius 1 is 1.07 bits per heavy atom. The molecular weight excluding hydrogens is 336 g/mol. The first-order valence-corrected chi connectivity index (χ1v) is 11.2. The van der Waals surface area contributed by atoms with E-state index in [1.165, 1.54) is 25.7 Å². The Hall–Kier alpha value is -0.670. The molecule has 0 aliphatic heterocycles. The van der Waals surface area contributed by atoms with Gasteiger partial charge >= 0.3 is 0 Å². The van der Waals surface area contributed by atoms with E-state index in [0.29, 0.717) is 54.1 Å². The number of aliphatic hydroxyl groups is 2. The predicted octanol–water partition coefficient (Wildman–Crippen LogP) is 4.37. The summed E-state index contributed by atoms with van der Waals surface area (Å²) in [6.07, 6.45) is 9.89. The molecule has 4 saturated carbocycles. The highest BCUT2D eigenvalue weighted by Crippen LogP contribution is 2.67. The molecule has 0 amide bonds. The molecule has 3 unspecified atom stereocenters. The Morgan fingerprint density at radius 2 is 1.78 bits per heavy atom. The summed E-state index contributed by atoms with van der Waals surface area (Å²) in [6.45, 7) is 9.24. The number of carbonyl (C=O) groups excluding carboxylic acids is 1. The highest BCUT2D eigenvalue weighted by atomic mass is 16.3. The van der Waals surface area contributed by atoms with Gasteiger partial charge in [-0.15, -0.1) is 0 Å². The quantitative estimate of drug-likeness (QED) is 0.706. The lowest BCUT2D eigenvalue weighted by Crippen LogP contribution is -2.59. The molecule has 0 aromatic heterocycles. The molecule has 0 bridgehead atoms. The fourth-order valence-electron chi connectivity index (χ4n) is 8.41. The van der Waals surface area contributed by atoms with Gasteiger partial charge in [-0.05, 0) is 85.9 Å². The van der Waals surface area contributed by atoms with E-state index in [4.69, 9.17) is 0 Å². The number of ketones is 1. The number of fused-ring (bicyclic) bond motifs is 5. The Morgan fingerprint density at radius 3 is 2.48 bits per heavy atom. The summed E-state index contributed by atoms with van der Waals surface area (Å²) in [5.41, 5.74) is 0.212. The fraction of sp³-hybridized carbons (Fsp3) is 0.875. The van der Waals surface area contributed by atoms with Gasteiger partial charge in [-0.25, -0.2) is 0 Å². The average molecular weight is 375 g/mol. The molecule has 0 saturated heterocycles. The van der Waals surface area contributed by atoms with Crippen LogP contribution in [-0.2, 0) is 4.79 Å². The third-order valence-electron chi connectivity index (χ3n) is 9.68. The molecule has 4 rings (SSSR count). The van der Waals surface area contributed by atoms with Crippen molar-refractivity contribution in [2.24, 2.45) is 46.3 Å². The molecule has 27 heavy (non-hydrogen) atoms. The number of hydrogen-bond acceptors (Lipinski definition) is 3. The van der Waals surface area contributed by atoms with Crippen molar-refractivity contribution in [3.63, 3.8) is 0 Å². The third kappa shape index (κ3) is 2.79. The SMILES string of the molecule is C/C=C/[C@@H](C)[C@H]1CCC2C3CC(=O)[C@H]4C[C@H](O)[C@H](O)C[C@]4(C)C3CC[C@@]21C. The number of hydrogen-bond donors (Lipinski definition) is 2. The molecule has 0 aromatic carbocycles. The Balaban J connectivity index is 1.64. The fourth-order valence-corrected chi connectivity index (χ4v) is 8.41. The number of Topliss-reactive ketones (excluding diaryl/α,β-unsaturated/α-hetero) is 1. The van der Waals surface area contributed by atoms with Gasteiger partial charge in [0, 0.05) is 12.3 Å². The van der Waals surface area contributed by atoms with E-state index >= 15 is 0 Å². The van der Waals surface area contributed by atoms with E-state index in [9.17, 15) is 15.0 Å². The molecule has 0 radical (unpaired) electrons. The minimum absolute atomic E-state index is 0.0549. The molecule has 3 heteroatoms.